The summed E-state index contributed by atoms with van der Waals surface area (Å²) in [5.41, 5.74) is 15.7. The zero-order chi connectivity index (χ0) is 19.5. The van der Waals surface area contributed by atoms with E-state index in [0.717, 1.165) is 22.4 Å². The summed E-state index contributed by atoms with van der Waals surface area (Å²) in [5, 5.41) is 9.67. The number of nitrogen functional groups attached to an aromatic ring is 1. The van der Waals surface area contributed by atoms with E-state index in [0.29, 0.717) is 23.6 Å². The van der Waals surface area contributed by atoms with Crippen LogP contribution in [0.15, 0.2) is 84.3 Å². The molecule has 0 aliphatic carbocycles. The molecule has 1 heterocycles. The first kappa shape index (κ1) is 17.5. The number of benzene rings is 3. The molecule has 0 unspecified atom stereocenters. The van der Waals surface area contributed by atoms with Gasteiger partial charge in [-0.2, -0.15) is 5.26 Å². The summed E-state index contributed by atoms with van der Waals surface area (Å²) < 4.78 is 11.6. The van der Waals surface area contributed by atoms with Gasteiger partial charge in [0.15, 0.2) is 0 Å². The van der Waals surface area contributed by atoms with Crippen LogP contribution in [0.3, 0.4) is 0 Å². The van der Waals surface area contributed by atoms with Crippen molar-refractivity contribution >= 4 is 5.69 Å². The number of hydrogen-bond acceptors (Lipinski definition) is 5. The van der Waals surface area contributed by atoms with Gasteiger partial charge in [0.25, 0.3) is 0 Å². The summed E-state index contributed by atoms with van der Waals surface area (Å²) in [6.45, 7) is 0.467. The van der Waals surface area contributed by atoms with Crippen LogP contribution in [0, 0.1) is 11.3 Å². The molecular formula is C23H19N3O2. The molecule has 5 nitrogen and oxygen atoms in total. The number of hydrogen-bond donors (Lipinski definition) is 2. The Morgan fingerprint density at radius 1 is 0.964 bits per heavy atom. The molecule has 5 heteroatoms. The van der Waals surface area contributed by atoms with Crippen LogP contribution in [-0.4, -0.2) is 0 Å². The average Bonchev–Trinajstić information content (AvgIpc) is 2.72. The lowest BCUT2D eigenvalue weighted by molar-refractivity contribution is 0.306. The van der Waals surface area contributed by atoms with E-state index in [1.54, 1.807) is 12.1 Å². The van der Waals surface area contributed by atoms with Crippen LogP contribution in [0.2, 0.25) is 0 Å². The summed E-state index contributed by atoms with van der Waals surface area (Å²) >= 11 is 0. The largest absolute Gasteiger partial charge is 0.489 e. The fraction of sp³-hybridized carbons (Fsp3) is 0.0870. The predicted octanol–water partition coefficient (Wildman–Crippen LogP) is 4.07. The molecule has 0 radical (unpaired) electrons. The molecule has 4 rings (SSSR count). The van der Waals surface area contributed by atoms with Crippen molar-refractivity contribution in [3.05, 3.63) is 101 Å². The second-order valence-corrected chi connectivity index (χ2v) is 6.57. The minimum atomic E-state index is -0.338. The lowest BCUT2D eigenvalue weighted by atomic mass is 9.83. The van der Waals surface area contributed by atoms with E-state index in [2.05, 4.69) is 6.07 Å². The highest BCUT2D eigenvalue weighted by molar-refractivity contribution is 5.60. The molecule has 0 saturated carbocycles. The molecule has 3 aromatic rings. The van der Waals surface area contributed by atoms with E-state index < -0.39 is 0 Å². The van der Waals surface area contributed by atoms with Crippen LogP contribution in [0.1, 0.15) is 22.6 Å². The zero-order valence-corrected chi connectivity index (χ0v) is 15.1. The molecule has 28 heavy (non-hydrogen) atoms. The number of allylic oxidation sites excluding steroid dienone is 1. The molecule has 0 fully saturated rings. The standard InChI is InChI=1S/C23H19N3O2/c24-13-20-22(19-10-9-17(25)12-21(19)28-23(20)26)16-7-4-8-18(11-16)27-14-15-5-2-1-3-6-15/h1-12,22H,14,25-26H2/t22-/m0/s1. The Morgan fingerprint density at radius 2 is 1.79 bits per heavy atom. The summed E-state index contributed by atoms with van der Waals surface area (Å²) in [7, 11) is 0. The number of rotatable bonds is 4. The van der Waals surface area contributed by atoms with E-state index in [9.17, 15) is 5.26 Å². The van der Waals surface area contributed by atoms with Crippen LogP contribution in [0.25, 0.3) is 0 Å². The van der Waals surface area contributed by atoms with E-state index in [1.165, 1.54) is 0 Å². The Morgan fingerprint density at radius 3 is 2.57 bits per heavy atom. The molecule has 0 amide bonds. The Kier molecular flexibility index (Phi) is 4.61. The number of nitrogens with two attached hydrogens (primary N) is 2. The first-order valence-corrected chi connectivity index (χ1v) is 8.89. The van der Waals surface area contributed by atoms with E-state index in [4.69, 9.17) is 20.9 Å². The molecule has 0 aromatic heterocycles. The molecule has 0 saturated heterocycles. The first-order chi connectivity index (χ1) is 13.7. The van der Waals surface area contributed by atoms with E-state index in [1.807, 2.05) is 60.7 Å². The molecule has 3 aromatic carbocycles. The summed E-state index contributed by atoms with van der Waals surface area (Å²) in [6.07, 6.45) is 0. The van der Waals surface area contributed by atoms with Crippen molar-refractivity contribution in [2.75, 3.05) is 5.73 Å². The van der Waals surface area contributed by atoms with Crippen molar-refractivity contribution in [2.24, 2.45) is 5.73 Å². The molecule has 1 aliphatic rings. The van der Waals surface area contributed by atoms with Crippen LogP contribution in [-0.2, 0) is 6.61 Å². The molecule has 1 aliphatic heterocycles. The third-order valence-corrected chi connectivity index (χ3v) is 4.68. The second kappa shape index (κ2) is 7.37. The molecular weight excluding hydrogens is 350 g/mol. The van der Waals surface area contributed by atoms with Crippen LogP contribution in [0.5, 0.6) is 11.5 Å². The third kappa shape index (κ3) is 3.36. The highest BCUT2D eigenvalue weighted by Gasteiger charge is 2.30. The Hall–Kier alpha value is -3.91. The fourth-order valence-electron chi connectivity index (χ4n) is 3.34. The summed E-state index contributed by atoms with van der Waals surface area (Å²) in [6, 6.07) is 25.2. The topological polar surface area (TPSA) is 94.3 Å². The highest BCUT2D eigenvalue weighted by atomic mass is 16.5. The van der Waals surface area contributed by atoms with Crippen molar-refractivity contribution in [3.8, 4) is 17.6 Å². The van der Waals surface area contributed by atoms with Crippen molar-refractivity contribution in [1.29, 1.82) is 5.26 Å². The Labute approximate surface area is 163 Å². The lowest BCUT2D eigenvalue weighted by Crippen LogP contribution is -2.21. The van der Waals surface area contributed by atoms with Gasteiger partial charge in [-0.15, -0.1) is 0 Å². The summed E-state index contributed by atoms with van der Waals surface area (Å²) in [5.74, 6) is 1.05. The minimum absolute atomic E-state index is 0.0983. The number of nitriles is 1. The van der Waals surface area contributed by atoms with Gasteiger partial charge in [0, 0.05) is 17.3 Å². The Balaban J connectivity index is 1.69. The van der Waals surface area contributed by atoms with Crippen molar-refractivity contribution in [2.45, 2.75) is 12.5 Å². The first-order valence-electron chi connectivity index (χ1n) is 8.89. The van der Waals surface area contributed by atoms with E-state index >= 15 is 0 Å². The maximum atomic E-state index is 9.67. The van der Waals surface area contributed by atoms with Gasteiger partial charge in [-0.25, -0.2) is 0 Å². The van der Waals surface area contributed by atoms with Gasteiger partial charge in [-0.05, 0) is 29.3 Å². The zero-order valence-electron chi connectivity index (χ0n) is 15.1. The fourth-order valence-corrected chi connectivity index (χ4v) is 3.34. The molecule has 1 atom stereocenters. The molecule has 138 valence electrons. The number of nitrogens with zero attached hydrogens (tertiary/aromatic N) is 1. The average molecular weight is 369 g/mol. The maximum absolute atomic E-state index is 9.67. The van der Waals surface area contributed by atoms with Crippen molar-refractivity contribution in [1.82, 2.24) is 0 Å². The monoisotopic (exact) mass is 369 g/mol. The Bertz CT molecular complexity index is 1080. The van der Waals surface area contributed by atoms with Gasteiger partial charge >= 0.3 is 0 Å². The number of ether oxygens (including phenoxy) is 2. The van der Waals surface area contributed by atoms with E-state index in [-0.39, 0.29) is 11.8 Å². The number of fused-ring (bicyclic) bond motifs is 1. The van der Waals surface area contributed by atoms with Gasteiger partial charge in [0.2, 0.25) is 5.88 Å². The smallest absolute Gasteiger partial charge is 0.205 e. The third-order valence-electron chi connectivity index (χ3n) is 4.68. The van der Waals surface area contributed by atoms with Crippen molar-refractivity contribution < 1.29 is 9.47 Å². The highest BCUT2D eigenvalue weighted by Crippen LogP contribution is 2.43. The normalized spacial score (nSPS) is 15.3. The molecule has 0 bridgehead atoms. The number of anilines is 1. The van der Waals surface area contributed by atoms with Crippen LogP contribution >= 0.6 is 0 Å². The van der Waals surface area contributed by atoms with Crippen LogP contribution < -0.4 is 20.9 Å². The van der Waals surface area contributed by atoms with Gasteiger partial charge in [-0.3, -0.25) is 0 Å². The minimum Gasteiger partial charge on any atom is -0.489 e. The predicted molar refractivity (Wildman–Crippen MR) is 107 cm³/mol. The maximum Gasteiger partial charge on any atom is 0.205 e. The SMILES string of the molecule is N#CC1=C(N)Oc2cc(N)ccc2[C@@H]1c1cccc(OCc2ccccc2)c1. The molecule has 0 spiro atoms. The van der Waals surface area contributed by atoms with Gasteiger partial charge in [0.1, 0.15) is 29.7 Å². The van der Waals surface area contributed by atoms with Gasteiger partial charge in [0.05, 0.1) is 5.92 Å². The van der Waals surface area contributed by atoms with Gasteiger partial charge in [-0.1, -0.05) is 48.5 Å². The van der Waals surface area contributed by atoms with Gasteiger partial charge < -0.3 is 20.9 Å². The second-order valence-electron chi connectivity index (χ2n) is 6.57. The quantitative estimate of drug-likeness (QED) is 0.676. The van der Waals surface area contributed by atoms with Crippen molar-refractivity contribution in [3.63, 3.8) is 0 Å². The molecule has 4 N–H and O–H groups in total. The lowest BCUT2D eigenvalue weighted by Gasteiger charge is -2.26. The van der Waals surface area contributed by atoms with Crippen LogP contribution in [0.4, 0.5) is 5.69 Å². The summed E-state index contributed by atoms with van der Waals surface area (Å²) in [4.78, 5) is 0.